The van der Waals surface area contributed by atoms with Gasteiger partial charge in [0.1, 0.15) is 5.75 Å². The monoisotopic (exact) mass is 335 g/mol. The molecule has 0 radical (unpaired) electrons. The van der Waals surface area contributed by atoms with Crippen molar-refractivity contribution in [1.29, 1.82) is 0 Å². The van der Waals surface area contributed by atoms with Crippen molar-refractivity contribution in [3.05, 3.63) is 71.3 Å². The molecule has 0 bridgehead atoms. The second kappa shape index (κ2) is 8.29. The summed E-state index contributed by atoms with van der Waals surface area (Å²) in [6.07, 6.45) is 5.11. The van der Waals surface area contributed by atoms with Crippen LogP contribution in [-0.4, -0.2) is 31.9 Å². The van der Waals surface area contributed by atoms with E-state index in [-0.39, 0.29) is 5.97 Å². The molecule has 0 fully saturated rings. The van der Waals surface area contributed by atoms with E-state index in [0.717, 1.165) is 28.9 Å². The predicted octanol–water partition coefficient (Wildman–Crippen LogP) is 3.90. The van der Waals surface area contributed by atoms with Gasteiger partial charge in [-0.1, -0.05) is 60.2 Å². The quantitative estimate of drug-likeness (QED) is 0.615. The third-order valence-corrected chi connectivity index (χ3v) is 4.09. The topological polar surface area (TPSA) is 47.9 Å². The molecule has 0 aromatic heterocycles. The van der Waals surface area contributed by atoms with E-state index >= 15 is 0 Å². The van der Waals surface area contributed by atoms with Gasteiger partial charge in [0.15, 0.2) is 6.04 Å². The van der Waals surface area contributed by atoms with Crippen LogP contribution in [0.25, 0.3) is 6.08 Å². The zero-order chi connectivity index (χ0) is 17.5. The SMILES string of the molecule is COC(=O)C(CC1=Cc2ccccc2OCC1)N=Cc1ccccc1. The molecule has 0 saturated heterocycles. The van der Waals surface area contributed by atoms with E-state index in [1.165, 1.54) is 7.11 Å². The van der Waals surface area contributed by atoms with E-state index in [4.69, 9.17) is 9.47 Å². The molecule has 128 valence electrons. The second-order valence-corrected chi connectivity index (χ2v) is 5.87. The van der Waals surface area contributed by atoms with Crippen LogP contribution in [0.15, 0.2) is 65.2 Å². The fraction of sp³-hybridized carbons (Fsp3) is 0.238. The van der Waals surface area contributed by atoms with Gasteiger partial charge in [0.2, 0.25) is 0 Å². The summed E-state index contributed by atoms with van der Waals surface area (Å²) in [5.74, 6) is 0.548. The summed E-state index contributed by atoms with van der Waals surface area (Å²) in [7, 11) is 1.40. The van der Waals surface area contributed by atoms with Crippen molar-refractivity contribution in [2.45, 2.75) is 18.9 Å². The Morgan fingerprint density at radius 1 is 1.20 bits per heavy atom. The van der Waals surface area contributed by atoms with Crippen LogP contribution in [0.1, 0.15) is 24.0 Å². The highest BCUT2D eigenvalue weighted by Gasteiger charge is 2.20. The number of rotatable bonds is 5. The molecule has 25 heavy (non-hydrogen) atoms. The van der Waals surface area contributed by atoms with Crippen LogP contribution in [-0.2, 0) is 9.53 Å². The van der Waals surface area contributed by atoms with Crippen LogP contribution in [0.5, 0.6) is 5.75 Å². The van der Waals surface area contributed by atoms with Gasteiger partial charge in [-0.15, -0.1) is 0 Å². The van der Waals surface area contributed by atoms with Gasteiger partial charge in [-0.2, -0.15) is 0 Å². The molecule has 0 saturated carbocycles. The van der Waals surface area contributed by atoms with E-state index in [0.29, 0.717) is 13.0 Å². The van der Waals surface area contributed by atoms with Crippen molar-refractivity contribution >= 4 is 18.3 Å². The van der Waals surface area contributed by atoms with E-state index < -0.39 is 6.04 Å². The lowest BCUT2D eigenvalue weighted by Crippen LogP contribution is -2.21. The Kier molecular flexibility index (Phi) is 5.62. The van der Waals surface area contributed by atoms with Crippen LogP contribution >= 0.6 is 0 Å². The normalized spacial score (nSPS) is 14.8. The van der Waals surface area contributed by atoms with Gasteiger partial charge < -0.3 is 9.47 Å². The second-order valence-electron chi connectivity index (χ2n) is 5.87. The first-order chi connectivity index (χ1) is 12.3. The minimum atomic E-state index is -0.554. The third-order valence-electron chi connectivity index (χ3n) is 4.09. The summed E-state index contributed by atoms with van der Waals surface area (Å²) in [6, 6.07) is 17.1. The number of carbonyl (C=O) groups is 1. The number of ether oxygens (including phenoxy) is 2. The van der Waals surface area contributed by atoms with Crippen molar-refractivity contribution < 1.29 is 14.3 Å². The Balaban J connectivity index is 1.80. The molecule has 1 aliphatic heterocycles. The summed E-state index contributed by atoms with van der Waals surface area (Å²) in [5, 5.41) is 0. The first kappa shape index (κ1) is 17.0. The van der Waals surface area contributed by atoms with E-state index in [1.807, 2.05) is 54.6 Å². The van der Waals surface area contributed by atoms with Crippen LogP contribution in [0.4, 0.5) is 0 Å². The standard InChI is InChI=1S/C21H21NO3/c1-24-21(23)19(22-15-16-7-3-2-4-8-16)14-17-11-12-25-20-10-6-5-9-18(20)13-17/h2-10,13,15,19H,11-12,14H2,1H3. The fourth-order valence-electron chi connectivity index (χ4n) is 2.77. The van der Waals surface area contributed by atoms with E-state index in [2.05, 4.69) is 11.1 Å². The molecule has 0 N–H and O–H groups in total. The van der Waals surface area contributed by atoms with Crippen LogP contribution < -0.4 is 4.74 Å². The molecule has 0 aliphatic carbocycles. The predicted molar refractivity (Wildman–Crippen MR) is 99.0 cm³/mol. The molecular weight excluding hydrogens is 314 g/mol. The smallest absolute Gasteiger partial charge is 0.330 e. The highest BCUT2D eigenvalue weighted by Crippen LogP contribution is 2.27. The number of hydrogen-bond donors (Lipinski definition) is 0. The third kappa shape index (κ3) is 4.57. The van der Waals surface area contributed by atoms with Gasteiger partial charge in [-0.3, -0.25) is 4.99 Å². The minimum Gasteiger partial charge on any atom is -0.493 e. The summed E-state index contributed by atoms with van der Waals surface area (Å²) in [4.78, 5) is 16.6. The zero-order valence-electron chi connectivity index (χ0n) is 14.2. The lowest BCUT2D eigenvalue weighted by Gasteiger charge is -2.12. The Morgan fingerprint density at radius 2 is 1.96 bits per heavy atom. The van der Waals surface area contributed by atoms with E-state index in [1.54, 1.807) is 6.21 Å². The number of hydrogen-bond acceptors (Lipinski definition) is 4. The number of methoxy groups -OCH3 is 1. The molecule has 3 rings (SSSR count). The van der Waals surface area contributed by atoms with Gasteiger partial charge in [0.25, 0.3) is 0 Å². The van der Waals surface area contributed by atoms with Crippen LogP contribution in [0.3, 0.4) is 0 Å². The summed E-state index contributed by atoms with van der Waals surface area (Å²) >= 11 is 0. The van der Waals surface area contributed by atoms with Crippen molar-refractivity contribution in [3.63, 3.8) is 0 Å². The van der Waals surface area contributed by atoms with Crippen LogP contribution in [0.2, 0.25) is 0 Å². The van der Waals surface area contributed by atoms with Gasteiger partial charge in [0.05, 0.1) is 13.7 Å². The number of fused-ring (bicyclic) bond motifs is 1. The maximum atomic E-state index is 12.1. The maximum absolute atomic E-state index is 12.1. The average Bonchev–Trinajstić information content (AvgIpc) is 2.87. The molecule has 0 spiro atoms. The highest BCUT2D eigenvalue weighted by molar-refractivity contribution is 5.84. The number of benzene rings is 2. The number of para-hydroxylation sites is 1. The summed E-state index contributed by atoms with van der Waals surface area (Å²) < 4.78 is 10.7. The van der Waals surface area contributed by atoms with Gasteiger partial charge in [-0.25, -0.2) is 4.79 Å². The van der Waals surface area contributed by atoms with Gasteiger partial charge in [0, 0.05) is 24.6 Å². The van der Waals surface area contributed by atoms with Gasteiger partial charge >= 0.3 is 5.97 Å². The Labute approximate surface area is 147 Å². The first-order valence-electron chi connectivity index (χ1n) is 8.33. The lowest BCUT2D eigenvalue weighted by atomic mass is 10.0. The number of esters is 1. The number of carbonyl (C=O) groups excluding carboxylic acids is 1. The zero-order valence-corrected chi connectivity index (χ0v) is 14.2. The molecule has 1 heterocycles. The molecule has 4 nitrogen and oxygen atoms in total. The summed E-state index contributed by atoms with van der Waals surface area (Å²) in [5.41, 5.74) is 3.12. The fourth-order valence-corrected chi connectivity index (χ4v) is 2.77. The maximum Gasteiger partial charge on any atom is 0.330 e. The lowest BCUT2D eigenvalue weighted by molar-refractivity contribution is -0.142. The van der Waals surface area contributed by atoms with Crippen LogP contribution in [0, 0.1) is 0 Å². The largest absolute Gasteiger partial charge is 0.493 e. The summed E-state index contributed by atoms with van der Waals surface area (Å²) in [6.45, 7) is 0.596. The van der Waals surface area contributed by atoms with Crippen molar-refractivity contribution in [2.75, 3.05) is 13.7 Å². The number of aliphatic imine (C=N–C) groups is 1. The minimum absolute atomic E-state index is 0.327. The van der Waals surface area contributed by atoms with Crippen molar-refractivity contribution in [3.8, 4) is 5.75 Å². The molecular formula is C21H21NO3. The van der Waals surface area contributed by atoms with Gasteiger partial charge in [-0.05, 0) is 11.6 Å². The molecule has 1 aliphatic rings. The first-order valence-corrected chi connectivity index (χ1v) is 8.33. The molecule has 4 heteroatoms. The molecule has 2 aromatic rings. The van der Waals surface area contributed by atoms with Crippen molar-refractivity contribution in [1.82, 2.24) is 0 Å². The molecule has 2 aromatic carbocycles. The number of nitrogens with zero attached hydrogens (tertiary/aromatic N) is 1. The molecule has 1 atom stereocenters. The molecule has 1 unspecified atom stereocenters. The Hall–Kier alpha value is -2.88. The average molecular weight is 335 g/mol. The van der Waals surface area contributed by atoms with Crippen molar-refractivity contribution in [2.24, 2.45) is 4.99 Å². The van der Waals surface area contributed by atoms with E-state index in [9.17, 15) is 4.79 Å². The molecule has 0 amide bonds. The highest BCUT2D eigenvalue weighted by atomic mass is 16.5. The Morgan fingerprint density at radius 3 is 2.76 bits per heavy atom. The Bertz CT molecular complexity index is 781.